The number of benzene rings is 1. The summed E-state index contributed by atoms with van der Waals surface area (Å²) in [5.74, 6) is 0.988. The van der Waals surface area contributed by atoms with Crippen LogP contribution in [0.3, 0.4) is 0 Å². The Labute approximate surface area is 101 Å². The maximum atomic E-state index is 5.97. The number of ether oxygens (including phenoxy) is 1. The van der Waals surface area contributed by atoms with Gasteiger partial charge in [-0.1, -0.05) is 22.0 Å². The van der Waals surface area contributed by atoms with Crippen LogP contribution in [0, 0.1) is 20.8 Å². The first-order valence-corrected chi connectivity index (χ1v) is 6.31. The molecule has 84 valence electrons. The largest absolute Gasteiger partial charge is 0.487 e. The molecule has 1 rings (SSSR count). The fourth-order valence-electron chi connectivity index (χ4n) is 1.37. The average Bonchev–Trinajstić information content (AvgIpc) is 2.14. The Morgan fingerprint density at radius 3 is 2.13 bits per heavy atom. The van der Waals surface area contributed by atoms with Crippen molar-refractivity contribution >= 4 is 15.9 Å². The molecule has 1 aromatic carbocycles. The fraction of sp³-hybridized carbons (Fsp3) is 0.538. The van der Waals surface area contributed by atoms with E-state index >= 15 is 0 Å². The van der Waals surface area contributed by atoms with Gasteiger partial charge in [-0.05, 0) is 57.4 Å². The van der Waals surface area contributed by atoms with Gasteiger partial charge in [-0.15, -0.1) is 0 Å². The van der Waals surface area contributed by atoms with E-state index in [1.54, 1.807) is 0 Å². The van der Waals surface area contributed by atoms with Gasteiger partial charge in [0.05, 0.1) is 0 Å². The molecule has 0 spiro atoms. The standard InChI is InChI=1S/C13H19BrO/c1-9-6-11(3)12(7-10(9)2)15-13(4,5)8-14/h6-7H,8H2,1-5H3. The summed E-state index contributed by atoms with van der Waals surface area (Å²) in [6.45, 7) is 10.5. The summed E-state index contributed by atoms with van der Waals surface area (Å²) in [5, 5.41) is 0.826. The molecule has 0 N–H and O–H groups in total. The summed E-state index contributed by atoms with van der Waals surface area (Å²) in [5.41, 5.74) is 3.64. The summed E-state index contributed by atoms with van der Waals surface area (Å²) >= 11 is 3.46. The van der Waals surface area contributed by atoms with Crippen LogP contribution >= 0.6 is 15.9 Å². The van der Waals surface area contributed by atoms with E-state index in [4.69, 9.17) is 4.74 Å². The SMILES string of the molecule is Cc1cc(C)c(OC(C)(C)CBr)cc1C. The summed E-state index contributed by atoms with van der Waals surface area (Å²) in [4.78, 5) is 0. The van der Waals surface area contributed by atoms with Crippen molar-refractivity contribution in [1.82, 2.24) is 0 Å². The minimum atomic E-state index is -0.160. The van der Waals surface area contributed by atoms with E-state index in [-0.39, 0.29) is 5.60 Å². The van der Waals surface area contributed by atoms with Crippen molar-refractivity contribution in [3.8, 4) is 5.75 Å². The third-order valence-corrected chi connectivity index (χ3v) is 3.85. The maximum absolute atomic E-state index is 5.97. The first-order valence-electron chi connectivity index (χ1n) is 5.18. The predicted molar refractivity (Wildman–Crippen MR) is 69.2 cm³/mol. The molecule has 0 saturated heterocycles. The van der Waals surface area contributed by atoms with Gasteiger partial charge in [0.1, 0.15) is 11.4 Å². The molecule has 0 amide bonds. The van der Waals surface area contributed by atoms with Crippen molar-refractivity contribution in [2.24, 2.45) is 0 Å². The van der Waals surface area contributed by atoms with E-state index < -0.39 is 0 Å². The Bertz CT molecular complexity index is 356. The quantitative estimate of drug-likeness (QED) is 0.750. The zero-order chi connectivity index (χ0) is 11.6. The predicted octanol–water partition coefficient (Wildman–Crippen LogP) is 4.16. The van der Waals surface area contributed by atoms with Gasteiger partial charge >= 0.3 is 0 Å². The topological polar surface area (TPSA) is 9.23 Å². The molecule has 0 radical (unpaired) electrons. The van der Waals surface area contributed by atoms with Gasteiger partial charge in [0, 0.05) is 5.33 Å². The van der Waals surface area contributed by atoms with E-state index in [0.717, 1.165) is 11.1 Å². The minimum absolute atomic E-state index is 0.160. The van der Waals surface area contributed by atoms with Crippen molar-refractivity contribution in [3.05, 3.63) is 28.8 Å². The van der Waals surface area contributed by atoms with Crippen molar-refractivity contribution in [2.75, 3.05) is 5.33 Å². The van der Waals surface area contributed by atoms with Crippen LogP contribution in [-0.4, -0.2) is 10.9 Å². The zero-order valence-electron chi connectivity index (χ0n) is 10.1. The lowest BCUT2D eigenvalue weighted by molar-refractivity contribution is 0.136. The van der Waals surface area contributed by atoms with Crippen LogP contribution in [0.4, 0.5) is 0 Å². The zero-order valence-corrected chi connectivity index (χ0v) is 11.7. The Morgan fingerprint density at radius 1 is 1.07 bits per heavy atom. The van der Waals surface area contributed by atoms with Gasteiger partial charge in [-0.25, -0.2) is 0 Å². The Balaban J connectivity index is 3.01. The van der Waals surface area contributed by atoms with Crippen molar-refractivity contribution in [1.29, 1.82) is 0 Å². The normalized spacial score (nSPS) is 11.6. The fourth-order valence-corrected chi connectivity index (χ4v) is 1.48. The van der Waals surface area contributed by atoms with Crippen LogP contribution in [0.15, 0.2) is 12.1 Å². The van der Waals surface area contributed by atoms with E-state index in [1.165, 1.54) is 16.7 Å². The van der Waals surface area contributed by atoms with Crippen LogP contribution < -0.4 is 4.74 Å². The third-order valence-electron chi connectivity index (χ3n) is 2.50. The van der Waals surface area contributed by atoms with E-state index in [9.17, 15) is 0 Å². The summed E-state index contributed by atoms with van der Waals surface area (Å²) in [6, 6.07) is 4.30. The van der Waals surface area contributed by atoms with Crippen molar-refractivity contribution < 1.29 is 4.74 Å². The van der Waals surface area contributed by atoms with Gasteiger partial charge in [-0.2, -0.15) is 0 Å². The molecule has 0 aliphatic carbocycles. The van der Waals surface area contributed by atoms with Crippen molar-refractivity contribution in [3.63, 3.8) is 0 Å². The number of halogens is 1. The number of hydrogen-bond donors (Lipinski definition) is 0. The highest BCUT2D eigenvalue weighted by molar-refractivity contribution is 9.09. The van der Waals surface area contributed by atoms with Crippen LogP contribution in [0.5, 0.6) is 5.75 Å². The number of rotatable bonds is 3. The average molecular weight is 271 g/mol. The smallest absolute Gasteiger partial charge is 0.123 e. The van der Waals surface area contributed by atoms with Crippen LogP contribution in [-0.2, 0) is 0 Å². The molecule has 0 atom stereocenters. The molecule has 0 fully saturated rings. The van der Waals surface area contributed by atoms with Crippen LogP contribution in [0.2, 0.25) is 0 Å². The number of alkyl halides is 1. The highest BCUT2D eigenvalue weighted by Crippen LogP contribution is 2.26. The lowest BCUT2D eigenvalue weighted by atomic mass is 10.1. The van der Waals surface area contributed by atoms with Gasteiger partial charge in [0.15, 0.2) is 0 Å². The monoisotopic (exact) mass is 270 g/mol. The van der Waals surface area contributed by atoms with E-state index in [1.807, 2.05) is 0 Å². The first kappa shape index (κ1) is 12.6. The molecule has 2 heteroatoms. The summed E-state index contributed by atoms with van der Waals surface area (Å²) < 4.78 is 5.97. The van der Waals surface area contributed by atoms with Crippen molar-refractivity contribution in [2.45, 2.75) is 40.2 Å². The minimum Gasteiger partial charge on any atom is -0.487 e. The Hall–Kier alpha value is -0.500. The molecule has 0 bridgehead atoms. The molecule has 15 heavy (non-hydrogen) atoms. The van der Waals surface area contributed by atoms with Gasteiger partial charge in [-0.3, -0.25) is 0 Å². The van der Waals surface area contributed by atoms with Gasteiger partial charge in [0.25, 0.3) is 0 Å². The second-order valence-corrected chi connectivity index (χ2v) is 5.26. The second-order valence-electron chi connectivity index (χ2n) is 4.70. The molecule has 0 heterocycles. The third kappa shape index (κ3) is 3.23. The molecule has 1 nitrogen and oxygen atoms in total. The molecule has 0 unspecified atom stereocenters. The maximum Gasteiger partial charge on any atom is 0.123 e. The molecular formula is C13H19BrO. The molecular weight excluding hydrogens is 252 g/mol. The lowest BCUT2D eigenvalue weighted by Crippen LogP contribution is -2.30. The van der Waals surface area contributed by atoms with Crippen LogP contribution in [0.1, 0.15) is 30.5 Å². The van der Waals surface area contributed by atoms with Gasteiger partial charge in [0.2, 0.25) is 0 Å². The van der Waals surface area contributed by atoms with E-state index in [0.29, 0.717) is 0 Å². The lowest BCUT2D eigenvalue weighted by Gasteiger charge is -2.25. The van der Waals surface area contributed by atoms with Gasteiger partial charge < -0.3 is 4.74 Å². The molecule has 0 aromatic heterocycles. The first-order chi connectivity index (χ1) is 6.85. The highest BCUT2D eigenvalue weighted by atomic mass is 79.9. The molecule has 0 aliphatic rings. The number of hydrogen-bond acceptors (Lipinski definition) is 1. The Kier molecular flexibility index (Phi) is 3.82. The molecule has 0 aliphatic heterocycles. The Morgan fingerprint density at radius 2 is 1.60 bits per heavy atom. The number of aryl methyl sites for hydroxylation is 3. The highest BCUT2D eigenvalue weighted by Gasteiger charge is 2.19. The van der Waals surface area contributed by atoms with E-state index in [2.05, 4.69) is 62.7 Å². The summed E-state index contributed by atoms with van der Waals surface area (Å²) in [6.07, 6.45) is 0. The summed E-state index contributed by atoms with van der Waals surface area (Å²) in [7, 11) is 0. The molecule has 1 aromatic rings. The molecule has 0 saturated carbocycles. The second kappa shape index (κ2) is 4.56. The van der Waals surface area contributed by atoms with Crippen LogP contribution in [0.25, 0.3) is 0 Å².